The van der Waals surface area contributed by atoms with E-state index in [-0.39, 0.29) is 11.8 Å². The molecule has 2 aliphatic rings. The highest BCUT2D eigenvalue weighted by Gasteiger charge is 2.47. The zero-order chi connectivity index (χ0) is 14.6. The van der Waals surface area contributed by atoms with Crippen LogP contribution in [0.25, 0.3) is 11.2 Å². The van der Waals surface area contributed by atoms with Crippen LogP contribution in [-0.4, -0.2) is 25.4 Å². The molecular weight excluding hydrogens is 268 g/mol. The van der Waals surface area contributed by atoms with E-state index >= 15 is 0 Å². The Labute approximate surface area is 121 Å². The molecule has 0 saturated heterocycles. The molecule has 0 aromatic carbocycles. The minimum absolute atomic E-state index is 0.0366. The van der Waals surface area contributed by atoms with Gasteiger partial charge in [-0.2, -0.15) is 0 Å². The van der Waals surface area contributed by atoms with E-state index < -0.39 is 0 Å². The zero-order valence-electron chi connectivity index (χ0n) is 11.6. The van der Waals surface area contributed by atoms with Crippen LogP contribution in [0.15, 0.2) is 12.7 Å². The summed E-state index contributed by atoms with van der Waals surface area (Å²) >= 11 is 0. The van der Waals surface area contributed by atoms with Gasteiger partial charge in [-0.1, -0.05) is 0 Å². The Balaban J connectivity index is 1.71. The van der Waals surface area contributed by atoms with Crippen molar-refractivity contribution in [3.63, 3.8) is 0 Å². The van der Waals surface area contributed by atoms with Gasteiger partial charge in [-0.3, -0.25) is 4.79 Å². The summed E-state index contributed by atoms with van der Waals surface area (Å²) in [5, 5.41) is 0. The molecule has 0 spiro atoms. The van der Waals surface area contributed by atoms with E-state index in [2.05, 4.69) is 19.5 Å². The lowest BCUT2D eigenvalue weighted by Crippen LogP contribution is -2.27. The van der Waals surface area contributed by atoms with E-state index in [1.165, 1.54) is 6.33 Å². The maximum Gasteiger partial charge on any atom is 0.220 e. The quantitative estimate of drug-likeness (QED) is 0.850. The van der Waals surface area contributed by atoms with Gasteiger partial charge in [-0.25, -0.2) is 15.0 Å². The summed E-state index contributed by atoms with van der Waals surface area (Å²) in [5.74, 6) is 1.19. The molecule has 4 N–H and O–H groups in total. The van der Waals surface area contributed by atoms with Crippen LogP contribution < -0.4 is 11.5 Å². The molecule has 2 heterocycles. The molecule has 4 atom stereocenters. The minimum Gasteiger partial charge on any atom is -0.382 e. The standard InChI is InChI=1S/C14H18N6O/c15-12-11-14(18-5-17-12)20(6-19-11)10-4-3-7-8(10)1-2-9(7)13(16)21/h5-10H,1-4H2,(H2,16,21)(H2,15,17,18). The van der Waals surface area contributed by atoms with Gasteiger partial charge < -0.3 is 16.0 Å². The van der Waals surface area contributed by atoms with Crippen molar-refractivity contribution in [2.75, 3.05) is 5.73 Å². The van der Waals surface area contributed by atoms with Crippen LogP contribution in [0.2, 0.25) is 0 Å². The summed E-state index contributed by atoms with van der Waals surface area (Å²) in [7, 11) is 0. The van der Waals surface area contributed by atoms with Crippen LogP contribution in [-0.2, 0) is 4.79 Å². The maximum atomic E-state index is 11.6. The van der Waals surface area contributed by atoms with Crippen molar-refractivity contribution < 1.29 is 4.79 Å². The second-order valence-corrected chi connectivity index (χ2v) is 6.14. The highest BCUT2D eigenvalue weighted by Crippen LogP contribution is 2.52. The first-order chi connectivity index (χ1) is 10.2. The molecule has 1 amide bonds. The van der Waals surface area contributed by atoms with Gasteiger partial charge in [-0.05, 0) is 37.5 Å². The summed E-state index contributed by atoms with van der Waals surface area (Å²) in [4.78, 5) is 24.2. The number of nitrogens with two attached hydrogens (primary N) is 2. The first kappa shape index (κ1) is 12.6. The number of rotatable bonds is 2. The lowest BCUT2D eigenvalue weighted by atomic mass is 9.91. The van der Waals surface area contributed by atoms with E-state index in [1.54, 1.807) is 6.33 Å². The second kappa shape index (κ2) is 4.41. The SMILES string of the molecule is NC(=O)C1CCC2C1CCC2n1cnc2c(N)ncnc21. The molecule has 0 bridgehead atoms. The lowest BCUT2D eigenvalue weighted by Gasteiger charge is -2.21. The fourth-order valence-corrected chi connectivity index (χ4v) is 4.38. The Hall–Kier alpha value is -2.18. The summed E-state index contributed by atoms with van der Waals surface area (Å²) in [5.41, 5.74) is 12.8. The summed E-state index contributed by atoms with van der Waals surface area (Å²) in [6.45, 7) is 0. The van der Waals surface area contributed by atoms with E-state index in [0.717, 1.165) is 31.3 Å². The summed E-state index contributed by atoms with van der Waals surface area (Å²) < 4.78 is 2.11. The number of carbonyl (C=O) groups is 1. The maximum absolute atomic E-state index is 11.6. The number of aromatic nitrogens is 4. The number of nitrogens with zero attached hydrogens (tertiary/aromatic N) is 4. The number of primary amides is 1. The summed E-state index contributed by atoms with van der Waals surface area (Å²) in [6.07, 6.45) is 7.31. The van der Waals surface area contributed by atoms with Crippen molar-refractivity contribution in [1.82, 2.24) is 19.5 Å². The van der Waals surface area contributed by atoms with Gasteiger partial charge >= 0.3 is 0 Å². The van der Waals surface area contributed by atoms with Crippen LogP contribution in [0.1, 0.15) is 31.7 Å². The number of amides is 1. The van der Waals surface area contributed by atoms with Crippen molar-refractivity contribution in [3.8, 4) is 0 Å². The second-order valence-electron chi connectivity index (χ2n) is 6.14. The lowest BCUT2D eigenvalue weighted by molar-refractivity contribution is -0.122. The molecule has 21 heavy (non-hydrogen) atoms. The van der Waals surface area contributed by atoms with Crippen molar-refractivity contribution >= 4 is 22.9 Å². The van der Waals surface area contributed by atoms with Crippen LogP contribution in [0.5, 0.6) is 0 Å². The molecule has 2 fully saturated rings. The molecule has 2 saturated carbocycles. The van der Waals surface area contributed by atoms with Crippen molar-refractivity contribution in [2.24, 2.45) is 23.5 Å². The average molecular weight is 286 g/mol. The number of anilines is 1. The van der Waals surface area contributed by atoms with E-state index in [9.17, 15) is 4.79 Å². The molecule has 110 valence electrons. The molecule has 7 nitrogen and oxygen atoms in total. The van der Waals surface area contributed by atoms with Gasteiger partial charge in [0, 0.05) is 12.0 Å². The highest BCUT2D eigenvalue weighted by atomic mass is 16.1. The third kappa shape index (κ3) is 1.73. The van der Waals surface area contributed by atoms with Crippen molar-refractivity contribution in [2.45, 2.75) is 31.7 Å². The highest BCUT2D eigenvalue weighted by molar-refractivity contribution is 5.81. The van der Waals surface area contributed by atoms with Crippen LogP contribution >= 0.6 is 0 Å². The molecule has 4 rings (SSSR count). The normalized spacial score (nSPS) is 31.6. The molecular formula is C14H18N6O. The van der Waals surface area contributed by atoms with E-state index in [1.807, 2.05) is 0 Å². The Morgan fingerprint density at radius 2 is 1.95 bits per heavy atom. The monoisotopic (exact) mass is 286 g/mol. The molecule has 7 heteroatoms. The Morgan fingerprint density at radius 3 is 2.76 bits per heavy atom. The fourth-order valence-electron chi connectivity index (χ4n) is 4.38. The smallest absolute Gasteiger partial charge is 0.220 e. The van der Waals surface area contributed by atoms with Crippen LogP contribution in [0.4, 0.5) is 5.82 Å². The Bertz CT molecular complexity index is 711. The fraction of sp³-hybridized carbons (Fsp3) is 0.571. The van der Waals surface area contributed by atoms with Gasteiger partial charge in [0.2, 0.25) is 5.91 Å². The van der Waals surface area contributed by atoms with Gasteiger partial charge in [0.05, 0.1) is 6.33 Å². The van der Waals surface area contributed by atoms with Gasteiger partial charge in [0.1, 0.15) is 11.8 Å². The first-order valence-electron chi connectivity index (χ1n) is 7.39. The van der Waals surface area contributed by atoms with Gasteiger partial charge in [-0.15, -0.1) is 0 Å². The predicted octanol–water partition coefficient (Wildman–Crippen LogP) is 0.871. The van der Waals surface area contributed by atoms with Crippen molar-refractivity contribution in [3.05, 3.63) is 12.7 Å². The van der Waals surface area contributed by atoms with E-state index in [0.29, 0.717) is 29.2 Å². The Morgan fingerprint density at radius 1 is 1.14 bits per heavy atom. The number of fused-ring (bicyclic) bond motifs is 2. The average Bonchev–Trinajstić information content (AvgIpc) is 3.11. The van der Waals surface area contributed by atoms with E-state index in [4.69, 9.17) is 11.5 Å². The number of imidazole rings is 1. The molecule has 0 aliphatic heterocycles. The molecule has 2 aromatic rings. The zero-order valence-corrected chi connectivity index (χ0v) is 11.6. The molecule has 0 radical (unpaired) electrons. The van der Waals surface area contributed by atoms with Gasteiger partial charge in [0.25, 0.3) is 0 Å². The number of hydrogen-bond acceptors (Lipinski definition) is 5. The van der Waals surface area contributed by atoms with Crippen molar-refractivity contribution in [1.29, 1.82) is 0 Å². The van der Waals surface area contributed by atoms with Crippen LogP contribution in [0.3, 0.4) is 0 Å². The topological polar surface area (TPSA) is 113 Å². The number of carbonyl (C=O) groups excluding carboxylic acids is 1. The molecule has 4 unspecified atom stereocenters. The van der Waals surface area contributed by atoms with Crippen LogP contribution in [0, 0.1) is 17.8 Å². The largest absolute Gasteiger partial charge is 0.382 e. The summed E-state index contributed by atoms with van der Waals surface area (Å²) in [6, 6.07) is 0.332. The third-order valence-corrected chi connectivity index (χ3v) is 5.28. The van der Waals surface area contributed by atoms with Gasteiger partial charge in [0.15, 0.2) is 11.5 Å². The first-order valence-corrected chi connectivity index (χ1v) is 7.39. The number of nitrogen functional groups attached to an aromatic ring is 1. The number of hydrogen-bond donors (Lipinski definition) is 2. The predicted molar refractivity (Wildman–Crippen MR) is 76.9 cm³/mol. The third-order valence-electron chi connectivity index (χ3n) is 5.28. The molecule has 2 aromatic heterocycles. The molecule has 2 aliphatic carbocycles. The Kier molecular flexibility index (Phi) is 2.63. The minimum atomic E-state index is -0.148.